The Kier molecular flexibility index (Phi) is 11.8. The van der Waals surface area contributed by atoms with E-state index in [0.717, 1.165) is 0 Å². The van der Waals surface area contributed by atoms with Crippen molar-refractivity contribution < 1.29 is 75.2 Å². The van der Waals surface area contributed by atoms with E-state index in [1.165, 1.54) is 0 Å². The van der Waals surface area contributed by atoms with Crippen molar-refractivity contribution in [3.05, 3.63) is 0 Å². The fourth-order valence-electron chi connectivity index (χ4n) is 3.14. The summed E-state index contributed by atoms with van der Waals surface area (Å²) in [6.07, 6.45) is -6.60. The summed E-state index contributed by atoms with van der Waals surface area (Å²) in [5.74, 6) is -51.6. The second-order valence-electron chi connectivity index (χ2n) is 8.61. The topological polar surface area (TPSA) is 26.3 Å². The molecule has 0 spiro atoms. The molecule has 0 radical (unpaired) electrons. The van der Waals surface area contributed by atoms with Gasteiger partial charge in [0.15, 0.2) is 7.49 Å². The van der Waals surface area contributed by atoms with E-state index in [0.29, 0.717) is 19.3 Å². The molecule has 0 heterocycles. The molecular formula is C20H27F15O2P+. The number of unbranched alkanes of at least 4 members (excludes halogenated alkanes) is 3. The van der Waals surface area contributed by atoms with Crippen LogP contribution in [0.2, 0.25) is 0 Å². The fourth-order valence-corrected chi connectivity index (χ4v) is 7.23. The van der Waals surface area contributed by atoms with Crippen LogP contribution in [0.25, 0.3) is 0 Å². The largest absolute Gasteiger partial charge is 0.460 e. The van der Waals surface area contributed by atoms with Gasteiger partial charge in [-0.1, -0.05) is 40.0 Å². The van der Waals surface area contributed by atoms with Crippen LogP contribution >= 0.6 is 7.49 Å². The number of rotatable bonds is 16. The molecule has 0 N–H and O–H groups in total. The molecule has 0 fully saturated rings. The first-order valence-corrected chi connectivity index (χ1v) is 13.5. The number of halogens is 15. The Labute approximate surface area is 209 Å². The zero-order valence-corrected chi connectivity index (χ0v) is 21.2. The predicted molar refractivity (Wildman–Crippen MR) is 108 cm³/mol. The van der Waals surface area contributed by atoms with Crippen LogP contribution in [0.1, 0.15) is 59.3 Å². The van der Waals surface area contributed by atoms with Crippen molar-refractivity contribution in [1.82, 2.24) is 0 Å². The van der Waals surface area contributed by atoms with Gasteiger partial charge in [0.25, 0.3) is 0 Å². The number of alkyl halides is 15. The fraction of sp³-hybridized carbons (Fsp3) is 0.950. The molecule has 2 nitrogen and oxygen atoms in total. The molecule has 0 rings (SSSR count). The number of hydrogen-bond acceptors (Lipinski definition) is 2. The normalized spacial score (nSPS) is 15.1. The van der Waals surface area contributed by atoms with Crippen molar-refractivity contribution in [3.8, 4) is 0 Å². The SMILES string of the molecule is CCCC[P+](CCCC)(CCCC)OC(=O)C(F)(F)C(F)(F)C(F)(F)C(F)(F)C(F)(F)C(F)(F)C(F)(F)F. The van der Waals surface area contributed by atoms with Gasteiger partial charge in [0.05, 0.1) is 18.5 Å². The molecule has 38 heavy (non-hydrogen) atoms. The van der Waals surface area contributed by atoms with Gasteiger partial charge in [-0.3, -0.25) is 0 Å². The Morgan fingerprint density at radius 1 is 0.526 bits per heavy atom. The minimum Gasteiger partial charge on any atom is -0.306 e. The maximum absolute atomic E-state index is 14.4. The third kappa shape index (κ3) is 6.42. The van der Waals surface area contributed by atoms with Crippen molar-refractivity contribution in [1.29, 1.82) is 0 Å². The third-order valence-corrected chi connectivity index (χ3v) is 9.57. The average molecular weight is 615 g/mol. The van der Waals surface area contributed by atoms with Gasteiger partial charge in [-0.25, -0.2) is 4.79 Å². The van der Waals surface area contributed by atoms with Gasteiger partial charge in [-0.05, 0) is 19.3 Å². The number of hydrogen-bond donors (Lipinski definition) is 0. The maximum atomic E-state index is 14.4. The Morgan fingerprint density at radius 3 is 1.11 bits per heavy atom. The Balaban J connectivity index is 6.65. The smallest absolute Gasteiger partial charge is 0.306 e. The van der Waals surface area contributed by atoms with E-state index >= 15 is 0 Å². The van der Waals surface area contributed by atoms with Crippen LogP contribution in [0.5, 0.6) is 0 Å². The van der Waals surface area contributed by atoms with E-state index in [9.17, 15) is 70.7 Å². The van der Waals surface area contributed by atoms with Crippen LogP contribution in [0, 0.1) is 0 Å². The van der Waals surface area contributed by atoms with Crippen molar-refractivity contribution in [3.63, 3.8) is 0 Å². The van der Waals surface area contributed by atoms with Crippen molar-refractivity contribution in [2.24, 2.45) is 0 Å². The van der Waals surface area contributed by atoms with Gasteiger partial charge in [-0.2, -0.15) is 65.9 Å². The minimum absolute atomic E-state index is 0.167. The highest BCUT2D eigenvalue weighted by Gasteiger charge is 2.94. The monoisotopic (exact) mass is 615 g/mol. The first-order chi connectivity index (χ1) is 16.8. The van der Waals surface area contributed by atoms with Gasteiger partial charge in [0.2, 0.25) is 0 Å². The van der Waals surface area contributed by atoms with Crippen molar-refractivity contribution >= 4 is 13.5 Å². The molecule has 0 atom stereocenters. The molecule has 0 bridgehead atoms. The van der Waals surface area contributed by atoms with Crippen LogP contribution in [0.4, 0.5) is 65.9 Å². The standard InChI is InChI=1S/C20H27F15O2P/c1-4-7-10-38(11-8-5-2,12-9-6-3)37-13(36)14(21,22)15(23,24)16(25,26)17(27,28)18(29,30)19(31,32)20(33,34)35/h4-12H2,1-3H3/q+1. The lowest BCUT2D eigenvalue weighted by Crippen LogP contribution is -2.73. The van der Waals surface area contributed by atoms with E-state index < -0.39 is 55.2 Å². The second kappa shape index (κ2) is 12.2. The summed E-state index contributed by atoms with van der Waals surface area (Å²) in [6.45, 7) is 4.79. The molecule has 0 unspecified atom stereocenters. The molecular weight excluding hydrogens is 588 g/mol. The van der Waals surface area contributed by atoms with Crippen molar-refractivity contribution in [2.45, 2.75) is 101 Å². The minimum atomic E-state index is -8.44. The highest BCUT2D eigenvalue weighted by Crippen LogP contribution is 2.65. The van der Waals surface area contributed by atoms with Crippen LogP contribution in [0.3, 0.4) is 0 Å². The highest BCUT2D eigenvalue weighted by molar-refractivity contribution is 7.71. The Bertz CT molecular complexity index is 759. The summed E-state index contributed by atoms with van der Waals surface area (Å²) in [5, 5.41) is 0. The van der Waals surface area contributed by atoms with Crippen molar-refractivity contribution in [2.75, 3.05) is 18.5 Å². The van der Waals surface area contributed by atoms with Gasteiger partial charge in [0, 0.05) is 0 Å². The molecule has 0 saturated heterocycles. The molecule has 0 aromatic rings. The van der Waals surface area contributed by atoms with Gasteiger partial charge < -0.3 is 4.52 Å². The molecule has 0 saturated carbocycles. The number of carbonyl (C=O) groups excluding carboxylic acids is 1. The maximum Gasteiger partial charge on any atom is 0.460 e. The first-order valence-electron chi connectivity index (χ1n) is 11.2. The molecule has 0 aliphatic rings. The van der Waals surface area contributed by atoms with Gasteiger partial charge in [-0.15, -0.1) is 0 Å². The van der Waals surface area contributed by atoms with E-state index in [4.69, 9.17) is 0 Å². The molecule has 0 aromatic heterocycles. The van der Waals surface area contributed by atoms with Gasteiger partial charge in [0.1, 0.15) is 0 Å². The van der Waals surface area contributed by atoms with Crippen LogP contribution in [-0.2, 0) is 9.32 Å². The second-order valence-corrected chi connectivity index (χ2v) is 12.3. The summed E-state index contributed by atoms with van der Waals surface area (Å²) in [4.78, 5) is 12.1. The summed E-state index contributed by atoms with van der Waals surface area (Å²) < 4.78 is 206. The zero-order chi connectivity index (χ0) is 30.6. The molecule has 18 heteroatoms. The van der Waals surface area contributed by atoms with E-state index in [-0.39, 0.29) is 37.7 Å². The third-order valence-electron chi connectivity index (χ3n) is 5.62. The zero-order valence-electron chi connectivity index (χ0n) is 20.3. The molecule has 0 aromatic carbocycles. The lowest BCUT2D eigenvalue weighted by molar-refractivity contribution is -0.450. The lowest BCUT2D eigenvalue weighted by atomic mass is 9.91. The van der Waals surface area contributed by atoms with E-state index in [1.807, 2.05) is 0 Å². The van der Waals surface area contributed by atoms with E-state index in [1.54, 1.807) is 20.8 Å². The van der Waals surface area contributed by atoms with E-state index in [2.05, 4.69) is 4.52 Å². The quantitative estimate of drug-likeness (QED) is 0.128. The summed E-state index contributed by atoms with van der Waals surface area (Å²) >= 11 is 0. The summed E-state index contributed by atoms with van der Waals surface area (Å²) in [6, 6.07) is 0. The van der Waals surface area contributed by atoms with Gasteiger partial charge >= 0.3 is 47.7 Å². The number of carbonyl (C=O) groups is 1. The Morgan fingerprint density at radius 2 is 0.816 bits per heavy atom. The van der Waals surface area contributed by atoms with Crippen LogP contribution in [0.15, 0.2) is 0 Å². The lowest BCUT2D eigenvalue weighted by Gasteiger charge is -2.41. The van der Waals surface area contributed by atoms with Crippen LogP contribution in [-0.4, -0.2) is 66.2 Å². The first kappa shape index (κ1) is 36.8. The molecule has 228 valence electrons. The molecule has 0 aliphatic carbocycles. The summed E-state index contributed by atoms with van der Waals surface area (Å²) in [7, 11) is -3.45. The van der Waals surface area contributed by atoms with Crippen LogP contribution < -0.4 is 0 Å². The average Bonchev–Trinajstić information content (AvgIpc) is 2.78. The molecule has 0 amide bonds. The highest BCUT2D eigenvalue weighted by atomic mass is 31.2. The summed E-state index contributed by atoms with van der Waals surface area (Å²) in [5.41, 5.74) is 0. The predicted octanol–water partition coefficient (Wildman–Crippen LogP) is 9.24. The Hall–Kier alpha value is -1.15. The molecule has 0 aliphatic heterocycles.